The molecular weight excluding hydrogens is 321 g/mol. The van der Waals surface area contributed by atoms with Crippen LogP contribution in [0.4, 0.5) is 10.1 Å². The third kappa shape index (κ3) is 3.84. The maximum absolute atomic E-state index is 13.5. The molecule has 0 bridgehead atoms. The molecule has 7 nitrogen and oxygen atoms in total. The topological polar surface area (TPSA) is 86.7 Å². The summed E-state index contributed by atoms with van der Waals surface area (Å²) in [4.78, 5) is 10.2. The predicted octanol–water partition coefficient (Wildman–Crippen LogP) is 3.52. The largest absolute Gasteiger partial charge is 0.272 e. The first kappa shape index (κ1) is 15.9. The van der Waals surface area contributed by atoms with Crippen LogP contribution in [-0.4, -0.2) is 25.1 Å². The average molecular weight is 337 g/mol. The zero-order valence-corrected chi connectivity index (χ0v) is 13.2. The van der Waals surface area contributed by atoms with E-state index in [4.69, 9.17) is 0 Å². The summed E-state index contributed by atoms with van der Waals surface area (Å²) in [7, 11) is 0. The molecule has 0 spiro atoms. The fraction of sp³-hybridized carbons (Fsp3) is 0.500. The van der Waals surface area contributed by atoms with Crippen molar-refractivity contribution in [2.24, 2.45) is 0 Å². The first-order valence-electron chi connectivity index (χ1n) is 7.48. The van der Waals surface area contributed by atoms with Crippen LogP contribution in [0.2, 0.25) is 0 Å². The number of nitro groups is 1. The van der Waals surface area contributed by atoms with Gasteiger partial charge in [0.25, 0.3) is 5.69 Å². The second-order valence-electron chi connectivity index (χ2n) is 5.56. The fourth-order valence-electron chi connectivity index (χ4n) is 2.81. The molecule has 122 valence electrons. The third-order valence-electron chi connectivity index (χ3n) is 3.90. The Bertz CT molecular complexity index is 702. The number of benzene rings is 1. The van der Waals surface area contributed by atoms with Crippen molar-refractivity contribution in [3.63, 3.8) is 0 Å². The van der Waals surface area contributed by atoms with Crippen molar-refractivity contribution in [3.8, 4) is 0 Å². The van der Waals surface area contributed by atoms with E-state index in [9.17, 15) is 14.5 Å². The summed E-state index contributed by atoms with van der Waals surface area (Å²) >= 11 is 1.37. The van der Waals surface area contributed by atoms with Crippen molar-refractivity contribution in [2.45, 2.75) is 49.1 Å². The molecular formula is C14H16FN5O2S. The summed E-state index contributed by atoms with van der Waals surface area (Å²) in [6, 6.07) is 3.91. The van der Waals surface area contributed by atoms with E-state index < -0.39 is 10.7 Å². The second-order valence-corrected chi connectivity index (χ2v) is 6.50. The molecule has 1 aromatic carbocycles. The van der Waals surface area contributed by atoms with Crippen LogP contribution < -0.4 is 0 Å². The minimum absolute atomic E-state index is 0.243. The van der Waals surface area contributed by atoms with E-state index in [2.05, 4.69) is 15.5 Å². The third-order valence-corrected chi connectivity index (χ3v) is 4.91. The number of hydrogen-bond acceptors (Lipinski definition) is 6. The molecule has 1 aliphatic carbocycles. The van der Waals surface area contributed by atoms with Gasteiger partial charge in [-0.2, -0.15) is 0 Å². The maximum atomic E-state index is 13.5. The number of hydrogen-bond donors (Lipinski definition) is 0. The maximum Gasteiger partial charge on any atom is 0.272 e. The highest BCUT2D eigenvalue weighted by molar-refractivity contribution is 7.98. The second kappa shape index (κ2) is 7.03. The van der Waals surface area contributed by atoms with Gasteiger partial charge in [-0.25, -0.2) is 9.07 Å². The highest BCUT2D eigenvalue weighted by Crippen LogP contribution is 2.31. The zero-order chi connectivity index (χ0) is 16.2. The molecule has 0 amide bonds. The van der Waals surface area contributed by atoms with Gasteiger partial charge in [0.15, 0.2) is 0 Å². The molecule has 0 aliphatic heterocycles. The molecule has 1 saturated carbocycles. The lowest BCUT2D eigenvalue weighted by Crippen LogP contribution is -2.15. The van der Waals surface area contributed by atoms with Gasteiger partial charge in [-0.1, -0.05) is 31.0 Å². The lowest BCUT2D eigenvalue weighted by Gasteiger charge is -2.21. The summed E-state index contributed by atoms with van der Waals surface area (Å²) in [5, 5.41) is 23.3. The minimum Gasteiger partial charge on any atom is -0.258 e. The number of nitrogens with zero attached hydrogens (tertiary/aromatic N) is 5. The van der Waals surface area contributed by atoms with Crippen molar-refractivity contribution in [2.75, 3.05) is 0 Å². The Morgan fingerprint density at radius 1 is 1.30 bits per heavy atom. The van der Waals surface area contributed by atoms with Gasteiger partial charge in [0.2, 0.25) is 5.16 Å². The van der Waals surface area contributed by atoms with Crippen LogP contribution in [0.15, 0.2) is 23.4 Å². The van der Waals surface area contributed by atoms with Crippen molar-refractivity contribution < 1.29 is 9.31 Å². The predicted molar refractivity (Wildman–Crippen MR) is 82.6 cm³/mol. The summed E-state index contributed by atoms with van der Waals surface area (Å²) in [5.41, 5.74) is 0.298. The van der Waals surface area contributed by atoms with E-state index in [1.54, 1.807) is 0 Å². The Kier molecular flexibility index (Phi) is 4.85. The van der Waals surface area contributed by atoms with Gasteiger partial charge in [-0.3, -0.25) is 10.1 Å². The van der Waals surface area contributed by atoms with Crippen molar-refractivity contribution >= 4 is 17.4 Å². The lowest BCUT2D eigenvalue weighted by atomic mass is 9.96. The van der Waals surface area contributed by atoms with Gasteiger partial charge in [-0.05, 0) is 34.9 Å². The SMILES string of the molecule is O=[N+]([O-])c1cc(F)cc(CSc2nnnn2C2CCCCC2)c1. The van der Waals surface area contributed by atoms with Gasteiger partial charge >= 0.3 is 0 Å². The molecule has 1 fully saturated rings. The number of halogens is 1. The fourth-order valence-corrected chi connectivity index (χ4v) is 3.68. The van der Waals surface area contributed by atoms with Crippen LogP contribution in [0.3, 0.4) is 0 Å². The van der Waals surface area contributed by atoms with Gasteiger partial charge in [-0.15, -0.1) is 5.10 Å². The molecule has 1 heterocycles. The molecule has 0 N–H and O–H groups in total. The molecule has 0 unspecified atom stereocenters. The summed E-state index contributed by atoms with van der Waals surface area (Å²) in [5.74, 6) is -0.229. The lowest BCUT2D eigenvalue weighted by molar-refractivity contribution is -0.385. The average Bonchev–Trinajstić information content (AvgIpc) is 3.02. The Balaban J connectivity index is 1.71. The number of nitro benzene ring substituents is 1. The van der Waals surface area contributed by atoms with Crippen LogP contribution in [0.5, 0.6) is 0 Å². The first-order valence-corrected chi connectivity index (χ1v) is 8.46. The van der Waals surface area contributed by atoms with Gasteiger partial charge < -0.3 is 0 Å². The van der Waals surface area contributed by atoms with Crippen LogP contribution >= 0.6 is 11.8 Å². The first-order chi connectivity index (χ1) is 11.1. The van der Waals surface area contributed by atoms with Crippen LogP contribution in [0, 0.1) is 15.9 Å². The van der Waals surface area contributed by atoms with Crippen molar-refractivity contribution in [1.82, 2.24) is 20.2 Å². The Labute approximate surface area is 136 Å². The molecule has 0 saturated heterocycles. The number of non-ortho nitro benzene ring substituents is 1. The molecule has 1 aliphatic rings. The van der Waals surface area contributed by atoms with Gasteiger partial charge in [0.1, 0.15) is 5.82 Å². The van der Waals surface area contributed by atoms with Gasteiger partial charge in [0.05, 0.1) is 17.0 Å². The van der Waals surface area contributed by atoms with Gasteiger partial charge in [0, 0.05) is 11.8 Å². The molecule has 0 atom stereocenters. The number of aromatic nitrogens is 4. The van der Waals surface area contributed by atoms with Crippen LogP contribution in [0.1, 0.15) is 43.7 Å². The molecule has 1 aromatic heterocycles. The molecule has 2 aromatic rings. The monoisotopic (exact) mass is 337 g/mol. The van der Waals surface area contributed by atoms with Crippen molar-refractivity contribution in [1.29, 1.82) is 0 Å². The Hall–Kier alpha value is -2.03. The van der Waals surface area contributed by atoms with E-state index in [1.807, 2.05) is 4.68 Å². The number of thioether (sulfide) groups is 1. The highest BCUT2D eigenvalue weighted by Gasteiger charge is 2.20. The molecule has 23 heavy (non-hydrogen) atoms. The number of tetrazole rings is 1. The molecule has 3 rings (SSSR count). The van der Waals surface area contributed by atoms with Crippen LogP contribution in [-0.2, 0) is 5.75 Å². The summed E-state index contributed by atoms with van der Waals surface area (Å²) in [6.07, 6.45) is 5.71. The van der Waals surface area contributed by atoms with E-state index in [1.165, 1.54) is 43.2 Å². The smallest absolute Gasteiger partial charge is 0.258 e. The minimum atomic E-state index is -0.610. The summed E-state index contributed by atoms with van der Waals surface area (Å²) in [6.45, 7) is 0. The van der Waals surface area contributed by atoms with E-state index >= 15 is 0 Å². The quantitative estimate of drug-likeness (QED) is 0.471. The molecule has 9 heteroatoms. The van der Waals surface area contributed by atoms with E-state index in [0.717, 1.165) is 18.9 Å². The normalized spacial score (nSPS) is 15.7. The Morgan fingerprint density at radius 2 is 2.09 bits per heavy atom. The van der Waals surface area contributed by atoms with Crippen LogP contribution in [0.25, 0.3) is 0 Å². The van der Waals surface area contributed by atoms with E-state index in [0.29, 0.717) is 22.5 Å². The molecule has 0 radical (unpaired) electrons. The highest BCUT2D eigenvalue weighted by atomic mass is 32.2. The summed E-state index contributed by atoms with van der Waals surface area (Å²) < 4.78 is 15.3. The van der Waals surface area contributed by atoms with Crippen molar-refractivity contribution in [3.05, 3.63) is 39.7 Å². The Morgan fingerprint density at radius 3 is 2.83 bits per heavy atom. The van der Waals surface area contributed by atoms with E-state index in [-0.39, 0.29) is 5.69 Å². The zero-order valence-electron chi connectivity index (χ0n) is 12.4. The number of rotatable bonds is 5. The standard InChI is InChI=1S/C14H16FN5O2S/c15-11-6-10(7-13(8-11)20(21)22)9-23-14-16-17-18-19(14)12-4-2-1-3-5-12/h6-8,12H,1-5,9H2.